The molecule has 0 fully saturated rings. The minimum Gasteiger partial charge on any atom is -0.441 e. The average molecular weight is 272 g/mol. The van der Waals surface area contributed by atoms with Gasteiger partial charge in [-0.15, -0.1) is 0 Å². The van der Waals surface area contributed by atoms with Crippen LogP contribution < -0.4 is 5.32 Å². The molecule has 0 aliphatic carbocycles. The van der Waals surface area contributed by atoms with E-state index in [1.54, 1.807) is 6.20 Å². The van der Waals surface area contributed by atoms with Crippen molar-refractivity contribution in [1.82, 2.24) is 10.3 Å². The molecule has 0 aliphatic rings. The van der Waals surface area contributed by atoms with E-state index >= 15 is 0 Å². The number of hydrogen-bond acceptors (Lipinski definition) is 3. The van der Waals surface area contributed by atoms with Crippen molar-refractivity contribution in [1.29, 1.82) is 0 Å². The van der Waals surface area contributed by atoms with Crippen molar-refractivity contribution in [2.75, 3.05) is 0 Å². The maximum absolute atomic E-state index is 11.7. The van der Waals surface area contributed by atoms with Gasteiger partial charge in [-0.25, -0.2) is 4.98 Å². The zero-order chi connectivity index (χ0) is 14.6. The van der Waals surface area contributed by atoms with E-state index in [1.807, 2.05) is 51.1 Å². The molecule has 0 spiro atoms. The Labute approximate surface area is 119 Å². The number of amides is 1. The second kappa shape index (κ2) is 5.90. The molecule has 4 heteroatoms. The summed E-state index contributed by atoms with van der Waals surface area (Å²) in [5.74, 6) is 1.33. The van der Waals surface area contributed by atoms with E-state index in [1.165, 1.54) is 0 Å². The quantitative estimate of drug-likeness (QED) is 0.930. The Bertz CT molecular complexity index is 568. The summed E-state index contributed by atoms with van der Waals surface area (Å²) in [5.41, 5.74) is 0.786. The monoisotopic (exact) mass is 272 g/mol. The maximum atomic E-state index is 11.7. The first-order chi connectivity index (χ1) is 9.44. The number of oxazole rings is 1. The number of hydrogen-bond donors (Lipinski definition) is 1. The Hall–Kier alpha value is -2.10. The summed E-state index contributed by atoms with van der Waals surface area (Å²) >= 11 is 0. The van der Waals surface area contributed by atoms with Gasteiger partial charge in [0.15, 0.2) is 11.7 Å². The van der Waals surface area contributed by atoms with Crippen LogP contribution in [0.15, 0.2) is 40.9 Å². The van der Waals surface area contributed by atoms with Crippen LogP contribution in [0.25, 0.3) is 11.3 Å². The molecule has 4 nitrogen and oxygen atoms in total. The predicted octanol–water partition coefficient (Wildman–Crippen LogP) is 3.19. The van der Waals surface area contributed by atoms with Crippen LogP contribution in [0.4, 0.5) is 0 Å². The average Bonchev–Trinajstić information content (AvgIpc) is 2.84. The van der Waals surface area contributed by atoms with Gasteiger partial charge in [0.05, 0.1) is 6.20 Å². The summed E-state index contributed by atoms with van der Waals surface area (Å²) in [6.45, 7) is 5.89. The van der Waals surface area contributed by atoms with Crippen molar-refractivity contribution >= 4 is 5.91 Å². The molecule has 0 bridgehead atoms. The molecule has 1 heterocycles. The van der Waals surface area contributed by atoms with Crippen LogP contribution in [0.1, 0.15) is 33.1 Å². The van der Waals surface area contributed by atoms with Crippen molar-refractivity contribution in [3.05, 3.63) is 42.4 Å². The van der Waals surface area contributed by atoms with E-state index in [4.69, 9.17) is 4.42 Å². The number of nitrogens with one attached hydrogen (secondary N) is 1. The third-order valence-electron chi connectivity index (χ3n) is 2.69. The van der Waals surface area contributed by atoms with E-state index in [0.29, 0.717) is 18.7 Å². The smallest absolute Gasteiger partial charge is 0.220 e. The molecule has 1 aromatic heterocycles. The molecule has 1 amide bonds. The standard InChI is InChI=1S/C16H20N2O2/c1-16(2,3)18-14(19)9-10-15-17-11-13(20-15)12-7-5-4-6-8-12/h4-8,11H,9-10H2,1-3H3,(H,18,19). The van der Waals surface area contributed by atoms with Gasteiger partial charge in [-0.1, -0.05) is 30.3 Å². The predicted molar refractivity (Wildman–Crippen MR) is 78.2 cm³/mol. The molecule has 1 N–H and O–H groups in total. The molecule has 2 aromatic rings. The number of carbonyl (C=O) groups is 1. The van der Waals surface area contributed by atoms with Crippen LogP contribution in [-0.2, 0) is 11.2 Å². The lowest BCUT2D eigenvalue weighted by Gasteiger charge is -2.20. The Balaban J connectivity index is 1.92. The van der Waals surface area contributed by atoms with Crippen LogP contribution in [0.2, 0.25) is 0 Å². The molecule has 20 heavy (non-hydrogen) atoms. The van der Waals surface area contributed by atoms with Crippen LogP contribution >= 0.6 is 0 Å². The molecule has 0 aliphatic heterocycles. The van der Waals surface area contributed by atoms with Crippen molar-refractivity contribution in [2.24, 2.45) is 0 Å². The van der Waals surface area contributed by atoms with E-state index in [-0.39, 0.29) is 11.4 Å². The number of rotatable bonds is 4. The Kier molecular flexibility index (Phi) is 4.23. The summed E-state index contributed by atoms with van der Waals surface area (Å²) in [4.78, 5) is 15.9. The van der Waals surface area contributed by atoms with Gasteiger partial charge in [-0.3, -0.25) is 4.79 Å². The second-order valence-electron chi connectivity index (χ2n) is 5.78. The van der Waals surface area contributed by atoms with Crippen molar-refractivity contribution in [2.45, 2.75) is 39.2 Å². The van der Waals surface area contributed by atoms with Gasteiger partial charge in [0, 0.05) is 23.9 Å². The molecular weight excluding hydrogens is 252 g/mol. The third kappa shape index (κ3) is 4.23. The summed E-state index contributed by atoms with van der Waals surface area (Å²) in [6, 6.07) is 9.80. The number of aromatic nitrogens is 1. The fraction of sp³-hybridized carbons (Fsp3) is 0.375. The summed E-state index contributed by atoms with van der Waals surface area (Å²) in [7, 11) is 0. The molecule has 0 saturated heterocycles. The van der Waals surface area contributed by atoms with Gasteiger partial charge >= 0.3 is 0 Å². The van der Waals surface area contributed by atoms with Crippen molar-refractivity contribution < 1.29 is 9.21 Å². The van der Waals surface area contributed by atoms with E-state index in [0.717, 1.165) is 11.3 Å². The highest BCUT2D eigenvalue weighted by Crippen LogP contribution is 2.20. The topological polar surface area (TPSA) is 55.1 Å². The molecule has 0 atom stereocenters. The molecule has 106 valence electrons. The second-order valence-corrected chi connectivity index (χ2v) is 5.78. The molecule has 0 radical (unpaired) electrons. The molecule has 0 saturated carbocycles. The van der Waals surface area contributed by atoms with Crippen molar-refractivity contribution in [3.63, 3.8) is 0 Å². The molecule has 0 unspecified atom stereocenters. The van der Waals surface area contributed by atoms with Gasteiger partial charge in [0.25, 0.3) is 0 Å². The number of benzene rings is 1. The molecular formula is C16H20N2O2. The summed E-state index contributed by atoms with van der Waals surface area (Å²) in [6.07, 6.45) is 2.59. The zero-order valence-corrected chi connectivity index (χ0v) is 12.1. The number of nitrogens with zero attached hydrogens (tertiary/aromatic N) is 1. The maximum Gasteiger partial charge on any atom is 0.220 e. The fourth-order valence-corrected chi connectivity index (χ4v) is 1.86. The first kappa shape index (κ1) is 14.3. The largest absolute Gasteiger partial charge is 0.441 e. The normalized spacial score (nSPS) is 11.3. The lowest BCUT2D eigenvalue weighted by molar-refractivity contribution is -0.122. The van der Waals surface area contributed by atoms with Crippen LogP contribution in [0.5, 0.6) is 0 Å². The van der Waals surface area contributed by atoms with Gasteiger partial charge in [0.1, 0.15) is 0 Å². The first-order valence-electron chi connectivity index (χ1n) is 6.75. The Morgan fingerprint density at radius 3 is 2.60 bits per heavy atom. The highest BCUT2D eigenvalue weighted by Gasteiger charge is 2.14. The fourth-order valence-electron chi connectivity index (χ4n) is 1.86. The Morgan fingerprint density at radius 2 is 1.95 bits per heavy atom. The van der Waals surface area contributed by atoms with E-state index in [9.17, 15) is 4.79 Å². The zero-order valence-electron chi connectivity index (χ0n) is 12.1. The van der Waals surface area contributed by atoms with Crippen LogP contribution in [0, 0.1) is 0 Å². The van der Waals surface area contributed by atoms with Crippen LogP contribution in [0.3, 0.4) is 0 Å². The van der Waals surface area contributed by atoms with E-state index in [2.05, 4.69) is 10.3 Å². The highest BCUT2D eigenvalue weighted by molar-refractivity contribution is 5.76. The lowest BCUT2D eigenvalue weighted by atomic mass is 10.1. The minimum atomic E-state index is -0.205. The number of aryl methyl sites for hydroxylation is 1. The summed E-state index contributed by atoms with van der Waals surface area (Å²) in [5, 5.41) is 2.92. The summed E-state index contributed by atoms with van der Waals surface area (Å²) < 4.78 is 5.66. The van der Waals surface area contributed by atoms with Gasteiger partial charge in [-0.2, -0.15) is 0 Å². The molecule has 2 rings (SSSR count). The van der Waals surface area contributed by atoms with Crippen LogP contribution in [-0.4, -0.2) is 16.4 Å². The van der Waals surface area contributed by atoms with Gasteiger partial charge < -0.3 is 9.73 Å². The lowest BCUT2D eigenvalue weighted by Crippen LogP contribution is -2.40. The van der Waals surface area contributed by atoms with E-state index < -0.39 is 0 Å². The van der Waals surface area contributed by atoms with Crippen molar-refractivity contribution in [3.8, 4) is 11.3 Å². The van der Waals surface area contributed by atoms with Gasteiger partial charge in [0.2, 0.25) is 5.91 Å². The molecule has 1 aromatic carbocycles. The third-order valence-corrected chi connectivity index (χ3v) is 2.69. The van der Waals surface area contributed by atoms with Gasteiger partial charge in [-0.05, 0) is 20.8 Å². The Morgan fingerprint density at radius 1 is 1.25 bits per heavy atom. The first-order valence-corrected chi connectivity index (χ1v) is 6.75. The highest BCUT2D eigenvalue weighted by atomic mass is 16.4. The number of carbonyl (C=O) groups excluding carboxylic acids is 1. The minimum absolute atomic E-state index is 0.0111. The SMILES string of the molecule is CC(C)(C)NC(=O)CCc1ncc(-c2ccccc2)o1.